The second kappa shape index (κ2) is 7.97. The fourth-order valence-corrected chi connectivity index (χ4v) is 3.66. The van der Waals surface area contributed by atoms with Crippen molar-refractivity contribution in [1.82, 2.24) is 0 Å². The molecule has 134 valence electrons. The predicted octanol–water partition coefficient (Wildman–Crippen LogP) is 4.03. The molecule has 1 amide bonds. The maximum atomic E-state index is 12.5. The zero-order valence-corrected chi connectivity index (χ0v) is 15.3. The average molecular weight is 385 g/mol. The third kappa shape index (κ3) is 5.02. The van der Waals surface area contributed by atoms with Gasteiger partial charge in [-0.05, 0) is 49.7 Å². The van der Waals surface area contributed by atoms with Crippen molar-refractivity contribution in [2.45, 2.75) is 29.4 Å². The molecule has 25 heavy (non-hydrogen) atoms. The molecule has 0 radical (unpaired) electrons. The van der Waals surface area contributed by atoms with Gasteiger partial charge in [0.25, 0.3) is 0 Å². The summed E-state index contributed by atoms with van der Waals surface area (Å²) >= 11 is 1.39. The molecule has 8 heteroatoms. The van der Waals surface area contributed by atoms with Crippen LogP contribution in [0.4, 0.5) is 14.5 Å². The van der Waals surface area contributed by atoms with Crippen LogP contribution in [0.3, 0.4) is 0 Å². The molecule has 2 rings (SSSR count). The lowest BCUT2D eigenvalue weighted by atomic mass is 10.2. The van der Waals surface area contributed by atoms with Crippen molar-refractivity contribution in [3.63, 3.8) is 0 Å². The highest BCUT2D eigenvalue weighted by Gasteiger charge is 2.26. The van der Waals surface area contributed by atoms with Gasteiger partial charge in [-0.3, -0.25) is 4.79 Å². The van der Waals surface area contributed by atoms with Gasteiger partial charge in [-0.2, -0.15) is 8.78 Å². The summed E-state index contributed by atoms with van der Waals surface area (Å²) in [6.45, 7) is 3.96. The standard InChI is InChI=1S/C17H17F2NO3S2/c1-11-3-8-15(12(2)9-11)24-10-16(21)20-13-4-6-14(7-5-13)25(22,23)17(18)19/h3-9,17H,10H2,1-2H3,(H,20,21). The van der Waals surface area contributed by atoms with Gasteiger partial charge in [0.1, 0.15) is 0 Å². The molecule has 0 heterocycles. The van der Waals surface area contributed by atoms with Gasteiger partial charge in [0, 0.05) is 10.6 Å². The molecule has 0 bridgehead atoms. The summed E-state index contributed by atoms with van der Waals surface area (Å²) in [4.78, 5) is 12.5. The quantitative estimate of drug-likeness (QED) is 0.763. The van der Waals surface area contributed by atoms with Crippen LogP contribution < -0.4 is 5.32 Å². The van der Waals surface area contributed by atoms with Gasteiger partial charge in [-0.25, -0.2) is 8.42 Å². The van der Waals surface area contributed by atoms with Crippen LogP contribution in [0.25, 0.3) is 0 Å². The number of nitrogens with one attached hydrogen (secondary N) is 1. The highest BCUT2D eigenvalue weighted by atomic mass is 32.2. The van der Waals surface area contributed by atoms with E-state index in [-0.39, 0.29) is 11.7 Å². The first-order valence-corrected chi connectivity index (χ1v) is 9.85. The molecule has 4 nitrogen and oxygen atoms in total. The van der Waals surface area contributed by atoms with Crippen LogP contribution in [0, 0.1) is 13.8 Å². The zero-order valence-electron chi connectivity index (χ0n) is 13.6. The van der Waals surface area contributed by atoms with Crippen LogP contribution >= 0.6 is 11.8 Å². The van der Waals surface area contributed by atoms with Crippen LogP contribution in [-0.4, -0.2) is 25.8 Å². The molecule has 0 atom stereocenters. The first kappa shape index (κ1) is 19.4. The van der Waals surface area contributed by atoms with Crippen molar-refractivity contribution in [3.05, 3.63) is 53.6 Å². The van der Waals surface area contributed by atoms with E-state index in [1.165, 1.54) is 23.9 Å². The van der Waals surface area contributed by atoms with Crippen LogP contribution in [-0.2, 0) is 14.6 Å². The Bertz CT molecular complexity index is 866. The van der Waals surface area contributed by atoms with Gasteiger partial charge in [0.2, 0.25) is 15.7 Å². The summed E-state index contributed by atoms with van der Waals surface area (Å²) in [5, 5.41) is 2.61. The number of anilines is 1. The molecule has 0 aromatic heterocycles. The van der Waals surface area contributed by atoms with Gasteiger partial charge in [0.15, 0.2) is 0 Å². The number of thioether (sulfide) groups is 1. The van der Waals surface area contributed by atoms with Crippen LogP contribution in [0.15, 0.2) is 52.3 Å². The molecule has 0 unspecified atom stereocenters. The minimum Gasteiger partial charge on any atom is -0.325 e. The number of hydrogen-bond donors (Lipinski definition) is 1. The number of sulfone groups is 1. The summed E-state index contributed by atoms with van der Waals surface area (Å²) in [6, 6.07) is 10.6. The van der Waals surface area contributed by atoms with Gasteiger partial charge in [0.05, 0.1) is 10.6 Å². The lowest BCUT2D eigenvalue weighted by molar-refractivity contribution is -0.113. The molecule has 2 aromatic rings. The number of carbonyl (C=O) groups excluding carboxylic acids is 1. The van der Waals surface area contributed by atoms with Gasteiger partial charge in [-0.15, -0.1) is 11.8 Å². The van der Waals surface area contributed by atoms with E-state index in [1.807, 2.05) is 32.0 Å². The van der Waals surface area contributed by atoms with Gasteiger partial charge in [-0.1, -0.05) is 17.7 Å². The first-order valence-electron chi connectivity index (χ1n) is 7.32. The second-order valence-corrected chi connectivity index (χ2v) is 8.37. The lowest BCUT2D eigenvalue weighted by Crippen LogP contribution is -2.15. The van der Waals surface area contributed by atoms with E-state index in [2.05, 4.69) is 5.32 Å². The normalized spacial score (nSPS) is 11.6. The molecule has 0 saturated heterocycles. The Morgan fingerprint density at radius 3 is 2.32 bits per heavy atom. The fraction of sp³-hybridized carbons (Fsp3) is 0.235. The lowest BCUT2D eigenvalue weighted by Gasteiger charge is -2.08. The number of benzene rings is 2. The first-order chi connectivity index (χ1) is 11.7. The Hall–Kier alpha value is -1.93. The Labute approximate surface area is 149 Å². The Morgan fingerprint density at radius 2 is 1.76 bits per heavy atom. The molecule has 0 spiro atoms. The average Bonchev–Trinajstić information content (AvgIpc) is 2.54. The van der Waals surface area contributed by atoms with Crippen molar-refractivity contribution in [1.29, 1.82) is 0 Å². The Morgan fingerprint density at radius 1 is 1.12 bits per heavy atom. The molecule has 2 aromatic carbocycles. The fourth-order valence-electron chi connectivity index (χ4n) is 2.13. The third-order valence-corrected chi connectivity index (χ3v) is 5.96. The number of rotatable bonds is 6. The number of carbonyl (C=O) groups is 1. The van der Waals surface area contributed by atoms with Crippen molar-refractivity contribution in [2.24, 2.45) is 0 Å². The number of hydrogen-bond acceptors (Lipinski definition) is 4. The molecule has 0 aliphatic heterocycles. The van der Waals surface area contributed by atoms with E-state index in [0.29, 0.717) is 5.69 Å². The number of aryl methyl sites for hydroxylation is 2. The van der Waals surface area contributed by atoms with E-state index in [9.17, 15) is 22.0 Å². The second-order valence-electron chi connectivity index (χ2n) is 5.44. The molecule has 0 saturated carbocycles. The number of amides is 1. The zero-order chi connectivity index (χ0) is 18.6. The van der Waals surface area contributed by atoms with E-state index < -0.39 is 20.5 Å². The maximum absolute atomic E-state index is 12.5. The van der Waals surface area contributed by atoms with E-state index in [1.54, 1.807) is 0 Å². The van der Waals surface area contributed by atoms with E-state index >= 15 is 0 Å². The number of alkyl halides is 2. The smallest absolute Gasteiger partial charge is 0.325 e. The molecular weight excluding hydrogens is 368 g/mol. The molecule has 0 aliphatic rings. The third-order valence-electron chi connectivity index (χ3n) is 3.39. The Balaban J connectivity index is 1.97. The minimum absolute atomic E-state index is 0.182. The highest BCUT2D eigenvalue weighted by Crippen LogP contribution is 2.24. The van der Waals surface area contributed by atoms with Crippen molar-refractivity contribution in [2.75, 3.05) is 11.1 Å². The van der Waals surface area contributed by atoms with Crippen molar-refractivity contribution in [3.8, 4) is 0 Å². The van der Waals surface area contributed by atoms with E-state index in [0.717, 1.165) is 28.2 Å². The molecular formula is C17H17F2NO3S2. The highest BCUT2D eigenvalue weighted by molar-refractivity contribution is 8.00. The maximum Gasteiger partial charge on any atom is 0.341 e. The van der Waals surface area contributed by atoms with Crippen molar-refractivity contribution < 1.29 is 22.0 Å². The molecule has 0 fully saturated rings. The van der Waals surface area contributed by atoms with Gasteiger partial charge < -0.3 is 5.32 Å². The van der Waals surface area contributed by atoms with Crippen LogP contribution in [0.2, 0.25) is 0 Å². The largest absolute Gasteiger partial charge is 0.341 e. The summed E-state index contributed by atoms with van der Waals surface area (Å²) in [6.07, 6.45) is 0. The molecule has 1 N–H and O–H groups in total. The topological polar surface area (TPSA) is 63.2 Å². The summed E-state index contributed by atoms with van der Waals surface area (Å²) in [5.41, 5.74) is 2.57. The molecule has 0 aliphatic carbocycles. The monoisotopic (exact) mass is 385 g/mol. The SMILES string of the molecule is Cc1ccc(SCC(=O)Nc2ccc(S(=O)(=O)C(F)F)cc2)c(C)c1. The number of halogens is 2. The van der Waals surface area contributed by atoms with Crippen molar-refractivity contribution >= 4 is 33.2 Å². The summed E-state index contributed by atoms with van der Waals surface area (Å²) in [5.74, 6) is -3.56. The van der Waals surface area contributed by atoms with E-state index in [4.69, 9.17) is 0 Å². The van der Waals surface area contributed by atoms with Crippen LogP contribution in [0.5, 0.6) is 0 Å². The summed E-state index contributed by atoms with van der Waals surface area (Å²) < 4.78 is 47.6. The van der Waals surface area contributed by atoms with Gasteiger partial charge >= 0.3 is 5.76 Å². The summed E-state index contributed by atoms with van der Waals surface area (Å²) in [7, 11) is -4.63. The van der Waals surface area contributed by atoms with Crippen LogP contribution in [0.1, 0.15) is 11.1 Å². The predicted molar refractivity (Wildman–Crippen MR) is 94.9 cm³/mol. The minimum atomic E-state index is -4.63. The Kier molecular flexibility index (Phi) is 6.18.